The second-order valence-electron chi connectivity index (χ2n) is 19.5. The van der Waals surface area contributed by atoms with Gasteiger partial charge in [-0.05, 0) is 170 Å². The number of halogens is 4. The average molecular weight is 1300 g/mol. The second-order valence-corrected chi connectivity index (χ2v) is 21.9. The highest BCUT2D eigenvalue weighted by Crippen LogP contribution is 2.36. The lowest BCUT2D eigenvalue weighted by Crippen LogP contribution is -2.42. The van der Waals surface area contributed by atoms with Gasteiger partial charge in [-0.25, -0.2) is 27.5 Å². The minimum absolute atomic E-state index is 0.0110. The van der Waals surface area contributed by atoms with E-state index >= 15 is 4.39 Å². The number of ether oxygens (including phenoxy) is 1. The van der Waals surface area contributed by atoms with Crippen molar-refractivity contribution in [2.75, 3.05) is 34.5 Å². The van der Waals surface area contributed by atoms with Gasteiger partial charge in [0, 0.05) is 88.6 Å². The lowest BCUT2D eigenvalue weighted by molar-refractivity contribution is -0.115. The third kappa shape index (κ3) is 11.5. The molecule has 0 radical (unpaired) electrons. The molecule has 11 rings (SSSR count). The van der Waals surface area contributed by atoms with Crippen LogP contribution in [-0.2, 0) is 28.4 Å². The fraction of sp³-hybridized carbons (Fsp3) is 0.286. The Bertz CT molecular complexity index is 4180. The normalized spacial score (nSPS) is 13.8. The molecule has 0 atom stereocenters. The zero-order chi connectivity index (χ0) is 56.7. The SMILES string of the molecule is C1CCOC1.CC(=O)Nc1cccc(-n2c(=O)n(C3CC3)c(=O)c3c(Nc4ccc(I)cc4F)c(C)c(=O)n(C)c32)c1.CC(=O)Nc1cccc(Nc2c(C)c(=O)n(C)c3c2c(=O)n(C2CC2)c(=O)n3-c2ccc(I)cc2F)c1. The first-order valence-corrected chi connectivity index (χ1v) is 27.4. The van der Waals surface area contributed by atoms with Gasteiger partial charge in [-0.15, -0.1) is 0 Å². The van der Waals surface area contributed by atoms with Crippen molar-refractivity contribution in [1.29, 1.82) is 0 Å². The number of nitrogens with one attached hydrogen (secondary N) is 4. The lowest BCUT2D eigenvalue weighted by Gasteiger charge is -2.21. The predicted octanol–water partition coefficient (Wildman–Crippen LogP) is 8.68. The first kappa shape index (κ1) is 56.2. The van der Waals surface area contributed by atoms with Crippen LogP contribution in [0, 0.1) is 32.6 Å². The highest BCUT2D eigenvalue weighted by atomic mass is 127. The van der Waals surface area contributed by atoms with Crippen LogP contribution in [0.5, 0.6) is 0 Å². The Morgan fingerprint density at radius 2 is 1.04 bits per heavy atom. The maximum atomic E-state index is 15.2. The van der Waals surface area contributed by atoms with Gasteiger partial charge in [-0.3, -0.25) is 47.0 Å². The molecule has 2 saturated carbocycles. The van der Waals surface area contributed by atoms with Crippen molar-refractivity contribution < 1.29 is 23.1 Å². The van der Waals surface area contributed by atoms with Gasteiger partial charge >= 0.3 is 11.4 Å². The molecule has 2 aliphatic carbocycles. The summed E-state index contributed by atoms with van der Waals surface area (Å²) in [5, 5.41) is 11.7. The van der Waals surface area contributed by atoms with Crippen molar-refractivity contribution >= 4 is 113 Å². The molecule has 4 aromatic carbocycles. The molecule has 79 heavy (non-hydrogen) atoms. The molecule has 8 aromatic rings. The van der Waals surface area contributed by atoms with Crippen LogP contribution >= 0.6 is 45.2 Å². The molecule has 3 aliphatic rings. The van der Waals surface area contributed by atoms with Crippen molar-refractivity contribution in [3.8, 4) is 11.4 Å². The van der Waals surface area contributed by atoms with Gasteiger partial charge in [0.25, 0.3) is 22.2 Å². The topological polar surface area (TPSA) is 223 Å². The minimum Gasteiger partial charge on any atom is -0.381 e. The number of amides is 2. The van der Waals surface area contributed by atoms with Crippen molar-refractivity contribution in [2.24, 2.45) is 14.1 Å². The zero-order valence-corrected chi connectivity index (χ0v) is 48.1. The van der Waals surface area contributed by atoms with E-state index in [0.29, 0.717) is 55.6 Å². The minimum atomic E-state index is -0.697. The molecule has 19 nitrogen and oxygen atoms in total. The quantitative estimate of drug-likeness (QED) is 0.0949. The van der Waals surface area contributed by atoms with Crippen molar-refractivity contribution in [3.63, 3.8) is 0 Å². The van der Waals surface area contributed by atoms with E-state index in [1.54, 1.807) is 74.5 Å². The molecular weight excluding hydrogens is 1250 g/mol. The number of hydrogen-bond acceptors (Lipinski definition) is 11. The maximum Gasteiger partial charge on any atom is 0.337 e. The summed E-state index contributed by atoms with van der Waals surface area (Å²) < 4.78 is 43.5. The summed E-state index contributed by atoms with van der Waals surface area (Å²) in [5.74, 6) is -1.73. The zero-order valence-electron chi connectivity index (χ0n) is 43.8. The number of anilines is 6. The highest BCUT2D eigenvalue weighted by Gasteiger charge is 2.34. The number of pyridine rings is 2. The fourth-order valence-electron chi connectivity index (χ4n) is 9.50. The first-order valence-electron chi connectivity index (χ1n) is 25.3. The highest BCUT2D eigenvalue weighted by molar-refractivity contribution is 14.1. The lowest BCUT2D eigenvalue weighted by atomic mass is 10.1. The Labute approximate surface area is 476 Å². The average Bonchev–Trinajstić information content (AvgIpc) is 4.29. The Morgan fingerprint density at radius 3 is 1.53 bits per heavy atom. The number of rotatable bonds is 10. The van der Waals surface area contributed by atoms with Gasteiger partial charge in [-0.2, -0.15) is 0 Å². The molecule has 4 N–H and O–H groups in total. The van der Waals surface area contributed by atoms with Gasteiger partial charge < -0.3 is 26.0 Å². The molecule has 3 fully saturated rings. The molecule has 23 heteroatoms. The molecule has 4 aromatic heterocycles. The van der Waals surface area contributed by atoms with Crippen LogP contribution in [0.15, 0.2) is 114 Å². The molecule has 0 unspecified atom stereocenters. The number of carbonyl (C=O) groups is 2. The number of benzene rings is 4. The maximum absolute atomic E-state index is 15.2. The van der Waals surface area contributed by atoms with Crippen LogP contribution in [-0.4, -0.2) is 52.4 Å². The largest absolute Gasteiger partial charge is 0.381 e. The van der Waals surface area contributed by atoms with Crippen LogP contribution in [0.3, 0.4) is 0 Å². The third-order valence-electron chi connectivity index (χ3n) is 13.5. The summed E-state index contributed by atoms with van der Waals surface area (Å²) in [6.45, 7) is 7.91. The third-order valence-corrected chi connectivity index (χ3v) is 14.9. The standard InChI is InChI=1S/2C26H23FIN5O4.C4H8O/c1-13-22(30-20-10-7-15(28)11-19(20)27)21-23(31(3)24(13)35)32(26(37)33(25(21)36)17-8-9-17)18-6-4-5-16(12-18)29-14(2)34;1-13-22(30-17-6-4-5-16(12-17)29-14(2)34)21-23(31(3)24(13)35)33(20-10-7-15(28)11-19(20)27)26(37)32(25(21)36)18-8-9-18;1-2-4-5-3-1/h4-7,10-12,17,30H,8-9H2,1-3H3,(H,29,34);4-7,10-12,18,30H,8-9H2,1-3H3,(H,29,34);1-4H2. The molecule has 1 saturated heterocycles. The van der Waals surface area contributed by atoms with Crippen LogP contribution in [0.2, 0.25) is 0 Å². The van der Waals surface area contributed by atoms with E-state index < -0.39 is 45.3 Å². The van der Waals surface area contributed by atoms with Crippen LogP contribution < -0.4 is 54.9 Å². The van der Waals surface area contributed by atoms with Gasteiger partial charge in [0.05, 0.1) is 28.4 Å². The van der Waals surface area contributed by atoms with E-state index in [-0.39, 0.29) is 79.8 Å². The number of nitrogens with zero attached hydrogens (tertiary/aromatic N) is 6. The van der Waals surface area contributed by atoms with Gasteiger partial charge in [0.1, 0.15) is 33.7 Å². The summed E-state index contributed by atoms with van der Waals surface area (Å²) in [6, 6.07) is 21.8. The molecule has 2 amide bonds. The van der Waals surface area contributed by atoms with Crippen molar-refractivity contribution in [1.82, 2.24) is 27.4 Å². The van der Waals surface area contributed by atoms with E-state index in [9.17, 15) is 42.7 Å². The van der Waals surface area contributed by atoms with E-state index in [2.05, 4.69) is 21.3 Å². The Morgan fingerprint density at radius 1 is 0.570 bits per heavy atom. The smallest absolute Gasteiger partial charge is 0.337 e. The monoisotopic (exact) mass is 1300 g/mol. The van der Waals surface area contributed by atoms with Gasteiger partial charge in [0.15, 0.2) is 0 Å². The van der Waals surface area contributed by atoms with Crippen molar-refractivity contribution in [3.05, 3.63) is 177 Å². The first-order chi connectivity index (χ1) is 37.7. The summed E-state index contributed by atoms with van der Waals surface area (Å²) in [6.07, 6.45) is 5.21. The van der Waals surface area contributed by atoms with Crippen molar-refractivity contribution in [2.45, 2.75) is 78.3 Å². The Balaban J connectivity index is 0.000000176. The summed E-state index contributed by atoms with van der Waals surface area (Å²) in [7, 11) is 2.95. The molecule has 410 valence electrons. The van der Waals surface area contributed by atoms with Crippen LogP contribution in [0.1, 0.15) is 75.6 Å². The molecule has 5 heterocycles. The summed E-state index contributed by atoms with van der Waals surface area (Å²) in [5.41, 5.74) is -0.509. The molecular formula is C56H54F2I2N10O9. The summed E-state index contributed by atoms with van der Waals surface area (Å²) >= 11 is 3.96. The number of aryl methyl sites for hydroxylation is 2. The molecule has 1 aliphatic heterocycles. The Hall–Kier alpha value is -7.52. The fourth-order valence-corrected chi connectivity index (χ4v) is 10.4. The van der Waals surface area contributed by atoms with Crippen LogP contribution in [0.4, 0.5) is 42.9 Å². The second kappa shape index (κ2) is 23.1. The Kier molecular flexibility index (Phi) is 16.4. The summed E-state index contributed by atoms with van der Waals surface area (Å²) in [4.78, 5) is 105. The predicted molar refractivity (Wildman–Crippen MR) is 318 cm³/mol. The molecule has 0 bridgehead atoms. The van der Waals surface area contributed by atoms with E-state index in [1.165, 1.54) is 83.3 Å². The van der Waals surface area contributed by atoms with Gasteiger partial charge in [0.2, 0.25) is 11.8 Å². The van der Waals surface area contributed by atoms with E-state index in [1.807, 2.05) is 45.2 Å². The number of carbonyl (C=O) groups excluding carboxylic acids is 2. The van der Waals surface area contributed by atoms with E-state index in [4.69, 9.17) is 4.74 Å². The number of aromatic nitrogens is 6. The van der Waals surface area contributed by atoms with Gasteiger partial charge in [-0.1, -0.05) is 12.1 Å². The number of hydrogen-bond donors (Lipinski definition) is 4. The number of fused-ring (bicyclic) bond motifs is 2. The molecule has 0 spiro atoms. The van der Waals surface area contributed by atoms with Crippen LogP contribution in [0.25, 0.3) is 33.4 Å². The van der Waals surface area contributed by atoms with E-state index in [0.717, 1.165) is 22.3 Å².